The Labute approximate surface area is 82.2 Å². The molecule has 0 radical (unpaired) electrons. The van der Waals surface area contributed by atoms with Crippen molar-refractivity contribution in [1.82, 2.24) is 0 Å². The zero-order valence-corrected chi connectivity index (χ0v) is 8.35. The van der Waals surface area contributed by atoms with Crippen molar-refractivity contribution in [3.05, 3.63) is 28.3 Å². The average Bonchev–Trinajstić information content (AvgIpc) is 2.05. The van der Waals surface area contributed by atoms with Gasteiger partial charge in [0.2, 0.25) is 0 Å². The maximum Gasteiger partial charge on any atom is 0.134 e. The van der Waals surface area contributed by atoms with Gasteiger partial charge in [-0.15, -0.1) is 0 Å². The molecular formula is C10H11ClO2. The van der Waals surface area contributed by atoms with Crippen molar-refractivity contribution in [3.8, 4) is 5.75 Å². The summed E-state index contributed by atoms with van der Waals surface area (Å²) >= 11 is 5.83. The zero-order chi connectivity index (χ0) is 10.0. The van der Waals surface area contributed by atoms with E-state index in [1.54, 1.807) is 19.1 Å². The third kappa shape index (κ3) is 2.22. The zero-order valence-electron chi connectivity index (χ0n) is 7.60. The number of aromatic hydroxyl groups is 1. The minimum Gasteiger partial charge on any atom is -0.507 e. The Kier molecular flexibility index (Phi) is 2.94. The van der Waals surface area contributed by atoms with Crippen LogP contribution in [-0.4, -0.2) is 10.9 Å². The average molecular weight is 199 g/mol. The fourth-order valence-corrected chi connectivity index (χ4v) is 1.37. The van der Waals surface area contributed by atoms with Gasteiger partial charge in [-0.25, -0.2) is 0 Å². The molecule has 1 N–H and O–H groups in total. The number of rotatable bonds is 2. The Bertz CT molecular complexity index is 345. The molecule has 1 aromatic carbocycles. The molecule has 0 aliphatic rings. The quantitative estimate of drug-likeness (QED) is 0.793. The van der Waals surface area contributed by atoms with E-state index in [0.717, 1.165) is 5.56 Å². The molecule has 0 amide bonds. The second-order valence-corrected chi connectivity index (χ2v) is 3.48. The number of aryl methyl sites for hydroxylation is 1. The summed E-state index contributed by atoms with van der Waals surface area (Å²) in [6.45, 7) is 3.24. The number of hydrogen-bond acceptors (Lipinski definition) is 2. The van der Waals surface area contributed by atoms with Crippen LogP contribution in [0.25, 0.3) is 0 Å². The van der Waals surface area contributed by atoms with Gasteiger partial charge in [0.25, 0.3) is 0 Å². The molecule has 0 heterocycles. The van der Waals surface area contributed by atoms with Crippen molar-refractivity contribution in [2.45, 2.75) is 20.3 Å². The molecule has 13 heavy (non-hydrogen) atoms. The number of carbonyl (C=O) groups is 1. The molecule has 0 atom stereocenters. The predicted octanol–water partition coefficient (Wildman–Crippen LogP) is 2.49. The number of benzene rings is 1. The topological polar surface area (TPSA) is 37.3 Å². The summed E-state index contributed by atoms with van der Waals surface area (Å²) in [6, 6.07) is 3.41. The van der Waals surface area contributed by atoms with E-state index in [1.165, 1.54) is 6.92 Å². The fourth-order valence-electron chi connectivity index (χ4n) is 1.15. The first-order valence-electron chi connectivity index (χ1n) is 3.98. The highest BCUT2D eigenvalue weighted by Gasteiger charge is 2.10. The second kappa shape index (κ2) is 3.79. The second-order valence-electron chi connectivity index (χ2n) is 3.07. The van der Waals surface area contributed by atoms with E-state index in [-0.39, 0.29) is 18.0 Å². The molecule has 3 heteroatoms. The molecule has 0 unspecified atom stereocenters. The van der Waals surface area contributed by atoms with Crippen molar-refractivity contribution >= 4 is 17.4 Å². The molecule has 0 aromatic heterocycles. The van der Waals surface area contributed by atoms with Gasteiger partial charge < -0.3 is 5.11 Å². The Balaban J connectivity index is 3.17. The van der Waals surface area contributed by atoms with Crippen LogP contribution in [0.1, 0.15) is 18.1 Å². The van der Waals surface area contributed by atoms with Crippen LogP contribution in [0, 0.1) is 6.92 Å². The van der Waals surface area contributed by atoms with Crippen LogP contribution in [0.3, 0.4) is 0 Å². The molecule has 0 saturated heterocycles. The number of hydrogen-bond donors (Lipinski definition) is 1. The molecule has 0 saturated carbocycles. The molecule has 0 bridgehead atoms. The number of phenolic OH excluding ortho intramolecular Hbond substituents is 1. The molecule has 0 fully saturated rings. The van der Waals surface area contributed by atoms with Gasteiger partial charge in [0.05, 0.1) is 0 Å². The third-order valence-corrected chi connectivity index (χ3v) is 2.21. The van der Waals surface area contributed by atoms with E-state index < -0.39 is 0 Å². The van der Waals surface area contributed by atoms with Gasteiger partial charge in [0.1, 0.15) is 11.5 Å². The molecular weight excluding hydrogens is 188 g/mol. The lowest BCUT2D eigenvalue weighted by Gasteiger charge is -2.07. The van der Waals surface area contributed by atoms with E-state index >= 15 is 0 Å². The molecule has 0 aliphatic carbocycles. The Morgan fingerprint density at radius 3 is 2.69 bits per heavy atom. The van der Waals surface area contributed by atoms with E-state index in [0.29, 0.717) is 10.6 Å². The van der Waals surface area contributed by atoms with Crippen molar-refractivity contribution in [2.24, 2.45) is 0 Å². The lowest BCUT2D eigenvalue weighted by molar-refractivity contribution is -0.116. The SMILES string of the molecule is CC(=O)Cc1c(Cl)ccc(C)c1O. The van der Waals surface area contributed by atoms with Crippen molar-refractivity contribution in [1.29, 1.82) is 0 Å². The lowest BCUT2D eigenvalue weighted by atomic mass is 10.1. The molecule has 1 aromatic rings. The summed E-state index contributed by atoms with van der Waals surface area (Å²) in [6.07, 6.45) is 0.187. The maximum absolute atomic E-state index is 10.9. The molecule has 70 valence electrons. The summed E-state index contributed by atoms with van der Waals surface area (Å²) in [5, 5.41) is 10.0. The van der Waals surface area contributed by atoms with Gasteiger partial charge in [0, 0.05) is 17.0 Å². The van der Waals surface area contributed by atoms with E-state index in [9.17, 15) is 9.90 Å². The largest absolute Gasteiger partial charge is 0.507 e. The van der Waals surface area contributed by atoms with E-state index in [2.05, 4.69) is 0 Å². The van der Waals surface area contributed by atoms with Crippen LogP contribution < -0.4 is 0 Å². The van der Waals surface area contributed by atoms with Crippen LogP contribution >= 0.6 is 11.6 Å². The smallest absolute Gasteiger partial charge is 0.134 e. The Morgan fingerprint density at radius 1 is 1.54 bits per heavy atom. The van der Waals surface area contributed by atoms with Crippen LogP contribution in [0.4, 0.5) is 0 Å². The molecule has 1 rings (SSSR count). The standard InChI is InChI=1S/C10H11ClO2/c1-6-3-4-9(11)8(10(6)13)5-7(2)12/h3-4,13H,5H2,1-2H3. The minimum absolute atomic E-state index is 0.0113. The van der Waals surface area contributed by atoms with Gasteiger partial charge in [-0.05, 0) is 25.5 Å². The number of halogens is 1. The first-order valence-corrected chi connectivity index (χ1v) is 4.36. The van der Waals surface area contributed by atoms with Gasteiger partial charge in [-0.1, -0.05) is 17.7 Å². The number of ketones is 1. The third-order valence-electron chi connectivity index (χ3n) is 1.85. The van der Waals surface area contributed by atoms with Crippen molar-refractivity contribution < 1.29 is 9.90 Å². The predicted molar refractivity (Wildman–Crippen MR) is 52.2 cm³/mol. The van der Waals surface area contributed by atoms with Crippen LogP contribution in [-0.2, 0) is 11.2 Å². The molecule has 2 nitrogen and oxygen atoms in total. The van der Waals surface area contributed by atoms with Gasteiger partial charge >= 0.3 is 0 Å². The van der Waals surface area contributed by atoms with E-state index in [4.69, 9.17) is 11.6 Å². The van der Waals surface area contributed by atoms with Gasteiger partial charge in [-0.3, -0.25) is 4.79 Å². The summed E-state index contributed by atoms with van der Waals surface area (Å²) in [4.78, 5) is 10.9. The first kappa shape index (κ1) is 10.1. The number of phenols is 1. The summed E-state index contributed by atoms with van der Waals surface area (Å²) < 4.78 is 0. The highest BCUT2D eigenvalue weighted by Crippen LogP contribution is 2.29. The van der Waals surface area contributed by atoms with Crippen LogP contribution in [0.15, 0.2) is 12.1 Å². The molecule has 0 spiro atoms. The van der Waals surface area contributed by atoms with E-state index in [1.807, 2.05) is 0 Å². The number of carbonyl (C=O) groups excluding carboxylic acids is 1. The minimum atomic E-state index is -0.0113. The maximum atomic E-state index is 10.9. The van der Waals surface area contributed by atoms with Crippen LogP contribution in [0.5, 0.6) is 5.75 Å². The highest BCUT2D eigenvalue weighted by molar-refractivity contribution is 6.31. The fraction of sp³-hybridized carbons (Fsp3) is 0.300. The lowest BCUT2D eigenvalue weighted by Crippen LogP contribution is -1.98. The highest BCUT2D eigenvalue weighted by atomic mass is 35.5. The molecule has 0 aliphatic heterocycles. The summed E-state index contributed by atoms with van der Waals surface area (Å²) in [5.41, 5.74) is 1.26. The Morgan fingerprint density at radius 2 is 2.15 bits per heavy atom. The summed E-state index contributed by atoms with van der Waals surface area (Å²) in [7, 11) is 0. The van der Waals surface area contributed by atoms with Crippen molar-refractivity contribution in [3.63, 3.8) is 0 Å². The normalized spacial score (nSPS) is 10.1. The van der Waals surface area contributed by atoms with Gasteiger partial charge in [-0.2, -0.15) is 0 Å². The number of Topliss-reactive ketones (excluding diaryl/α,β-unsaturated/α-hetero) is 1. The first-order chi connectivity index (χ1) is 6.02. The van der Waals surface area contributed by atoms with Crippen molar-refractivity contribution in [2.75, 3.05) is 0 Å². The van der Waals surface area contributed by atoms with Crippen LogP contribution in [0.2, 0.25) is 5.02 Å². The Hall–Kier alpha value is -1.02. The summed E-state index contributed by atoms with van der Waals surface area (Å²) in [5.74, 6) is 0.116. The van der Waals surface area contributed by atoms with Gasteiger partial charge in [0.15, 0.2) is 0 Å². The monoisotopic (exact) mass is 198 g/mol.